The monoisotopic (exact) mass is 431 g/mol. The molecule has 1 aromatic carbocycles. The van der Waals surface area contributed by atoms with Crippen LogP contribution in [0, 0.1) is 28.6 Å². The van der Waals surface area contributed by atoms with Crippen molar-refractivity contribution in [2.24, 2.45) is 28.6 Å². The summed E-state index contributed by atoms with van der Waals surface area (Å²) in [5.74, 6) is 3.38. The molecule has 4 aliphatic carbocycles. The number of allylic oxidation sites excluding steroid dienone is 1. The number of hydrogen-bond acceptors (Lipinski definition) is 3. The third-order valence-corrected chi connectivity index (χ3v) is 10.8. The molecule has 4 aliphatic rings. The summed E-state index contributed by atoms with van der Waals surface area (Å²) in [5, 5.41) is 3.52. The van der Waals surface area contributed by atoms with Crippen LogP contribution in [0.4, 0.5) is 0 Å². The van der Waals surface area contributed by atoms with Gasteiger partial charge in [0.2, 0.25) is 0 Å². The standard InChI is InChI=1S/C28H33NOS/c1-27-14-12-20(30)16-19(27)8-9-21-22-10-11-24(28(22,2)15-13-23(21)27)25-17-31-26(29-25)18-6-4-3-5-7-18/h3-7,16-17,21-24H,8-15H2,1-2H3. The van der Waals surface area contributed by atoms with Crippen molar-refractivity contribution in [2.45, 2.75) is 71.1 Å². The van der Waals surface area contributed by atoms with Gasteiger partial charge in [-0.2, -0.15) is 0 Å². The van der Waals surface area contributed by atoms with Crippen LogP contribution < -0.4 is 0 Å². The van der Waals surface area contributed by atoms with Crippen LogP contribution >= 0.6 is 11.3 Å². The molecule has 162 valence electrons. The number of fused-ring (bicyclic) bond motifs is 5. The lowest BCUT2D eigenvalue weighted by Gasteiger charge is -2.58. The Morgan fingerprint density at radius 3 is 2.65 bits per heavy atom. The molecule has 6 unspecified atom stereocenters. The molecular formula is C28H33NOS. The van der Waals surface area contributed by atoms with Crippen LogP contribution in [-0.2, 0) is 4.79 Å². The third kappa shape index (κ3) is 2.95. The second kappa shape index (κ2) is 7.13. The summed E-state index contributed by atoms with van der Waals surface area (Å²) in [6.45, 7) is 5.08. The van der Waals surface area contributed by atoms with E-state index in [1.165, 1.54) is 53.9 Å². The van der Waals surface area contributed by atoms with Gasteiger partial charge < -0.3 is 0 Å². The molecule has 0 bridgehead atoms. The molecule has 3 saturated carbocycles. The van der Waals surface area contributed by atoms with Gasteiger partial charge >= 0.3 is 0 Å². The number of aromatic nitrogens is 1. The lowest BCUT2D eigenvalue weighted by Crippen LogP contribution is -2.50. The molecule has 6 rings (SSSR count). The molecule has 0 aliphatic heterocycles. The average Bonchev–Trinajstić information content (AvgIpc) is 3.39. The average molecular weight is 432 g/mol. The molecule has 2 aromatic rings. The number of thiazole rings is 1. The van der Waals surface area contributed by atoms with Crippen molar-refractivity contribution < 1.29 is 4.79 Å². The summed E-state index contributed by atoms with van der Waals surface area (Å²) >= 11 is 1.81. The van der Waals surface area contributed by atoms with E-state index in [1.807, 2.05) is 17.4 Å². The molecule has 3 heteroatoms. The lowest BCUT2D eigenvalue weighted by atomic mass is 9.47. The highest BCUT2D eigenvalue weighted by Gasteiger charge is 2.59. The zero-order valence-corrected chi connectivity index (χ0v) is 19.6. The first-order valence-electron chi connectivity index (χ1n) is 12.2. The van der Waals surface area contributed by atoms with Crippen molar-refractivity contribution in [1.29, 1.82) is 0 Å². The van der Waals surface area contributed by atoms with E-state index in [1.54, 1.807) is 0 Å². The molecule has 2 nitrogen and oxygen atoms in total. The van der Waals surface area contributed by atoms with Crippen LogP contribution in [0.3, 0.4) is 0 Å². The molecule has 6 atom stereocenters. The minimum absolute atomic E-state index is 0.275. The Hall–Kier alpha value is -1.74. The Bertz CT molecular complexity index is 1040. The Labute approximate surface area is 190 Å². The van der Waals surface area contributed by atoms with Gasteiger partial charge in [0.05, 0.1) is 5.69 Å². The molecule has 3 fully saturated rings. The molecule has 0 spiro atoms. The Kier molecular flexibility index (Phi) is 4.58. The number of nitrogens with zero attached hydrogens (tertiary/aromatic N) is 1. The van der Waals surface area contributed by atoms with Crippen molar-refractivity contribution in [1.82, 2.24) is 4.98 Å². The Morgan fingerprint density at radius 2 is 1.81 bits per heavy atom. The van der Waals surface area contributed by atoms with Crippen LogP contribution in [0.5, 0.6) is 0 Å². The molecule has 1 heterocycles. The third-order valence-electron chi connectivity index (χ3n) is 9.86. The highest BCUT2D eigenvalue weighted by Crippen LogP contribution is 2.68. The van der Waals surface area contributed by atoms with Gasteiger partial charge in [-0.15, -0.1) is 11.3 Å². The van der Waals surface area contributed by atoms with Crippen LogP contribution in [0.25, 0.3) is 10.6 Å². The van der Waals surface area contributed by atoms with E-state index in [0.717, 1.165) is 37.0 Å². The van der Waals surface area contributed by atoms with Crippen LogP contribution in [0.2, 0.25) is 0 Å². The summed E-state index contributed by atoms with van der Waals surface area (Å²) in [4.78, 5) is 17.2. The van der Waals surface area contributed by atoms with E-state index in [2.05, 4.69) is 49.6 Å². The second-order valence-electron chi connectivity index (χ2n) is 11.1. The number of carbonyl (C=O) groups is 1. The minimum Gasteiger partial charge on any atom is -0.295 e. The van der Waals surface area contributed by atoms with Crippen molar-refractivity contribution in [3.05, 3.63) is 53.1 Å². The van der Waals surface area contributed by atoms with Crippen LogP contribution in [-0.4, -0.2) is 10.8 Å². The van der Waals surface area contributed by atoms with Gasteiger partial charge in [-0.05, 0) is 79.6 Å². The Balaban J connectivity index is 1.29. The lowest BCUT2D eigenvalue weighted by molar-refractivity contribution is -0.117. The van der Waals surface area contributed by atoms with Gasteiger partial charge in [-0.1, -0.05) is 49.8 Å². The summed E-state index contributed by atoms with van der Waals surface area (Å²) in [7, 11) is 0. The van der Waals surface area contributed by atoms with Gasteiger partial charge in [0, 0.05) is 23.3 Å². The summed E-state index contributed by atoms with van der Waals surface area (Å²) in [5.41, 5.74) is 4.73. The van der Waals surface area contributed by atoms with Crippen molar-refractivity contribution in [3.8, 4) is 10.6 Å². The number of benzene rings is 1. The maximum atomic E-state index is 12.1. The zero-order valence-electron chi connectivity index (χ0n) is 18.8. The smallest absolute Gasteiger partial charge is 0.155 e. The first-order chi connectivity index (χ1) is 15.0. The predicted octanol–water partition coefficient (Wildman–Crippen LogP) is 7.43. The van der Waals surface area contributed by atoms with Gasteiger partial charge in [-0.25, -0.2) is 4.98 Å². The van der Waals surface area contributed by atoms with Crippen molar-refractivity contribution >= 4 is 17.1 Å². The van der Waals surface area contributed by atoms with Crippen molar-refractivity contribution in [3.63, 3.8) is 0 Å². The predicted molar refractivity (Wildman–Crippen MR) is 127 cm³/mol. The summed E-state index contributed by atoms with van der Waals surface area (Å²) < 4.78 is 0. The van der Waals surface area contributed by atoms with Gasteiger partial charge in [0.15, 0.2) is 5.78 Å². The van der Waals surface area contributed by atoms with Gasteiger partial charge in [-0.3, -0.25) is 4.79 Å². The molecule has 1 aromatic heterocycles. The number of ketones is 1. The maximum Gasteiger partial charge on any atom is 0.155 e. The fourth-order valence-electron chi connectivity index (χ4n) is 8.20. The van der Waals surface area contributed by atoms with E-state index in [4.69, 9.17) is 4.98 Å². The molecule has 0 amide bonds. The molecule has 31 heavy (non-hydrogen) atoms. The highest BCUT2D eigenvalue weighted by atomic mass is 32.1. The molecular weight excluding hydrogens is 398 g/mol. The van der Waals surface area contributed by atoms with E-state index < -0.39 is 0 Å². The quantitative estimate of drug-likeness (QED) is 0.495. The highest BCUT2D eigenvalue weighted by molar-refractivity contribution is 7.13. The van der Waals surface area contributed by atoms with Gasteiger partial charge in [0.1, 0.15) is 5.01 Å². The van der Waals surface area contributed by atoms with E-state index in [0.29, 0.717) is 17.1 Å². The van der Waals surface area contributed by atoms with Crippen LogP contribution in [0.1, 0.15) is 76.8 Å². The minimum atomic E-state index is 0.275. The molecule has 0 radical (unpaired) electrons. The van der Waals surface area contributed by atoms with E-state index in [-0.39, 0.29) is 5.41 Å². The Morgan fingerprint density at radius 1 is 0.968 bits per heavy atom. The van der Waals surface area contributed by atoms with Crippen molar-refractivity contribution in [2.75, 3.05) is 0 Å². The zero-order chi connectivity index (χ0) is 21.2. The first kappa shape index (κ1) is 19.9. The second-order valence-corrected chi connectivity index (χ2v) is 11.9. The van der Waals surface area contributed by atoms with Gasteiger partial charge in [0.25, 0.3) is 0 Å². The summed E-state index contributed by atoms with van der Waals surface area (Å²) in [6.07, 6.45) is 11.6. The van der Waals surface area contributed by atoms with E-state index in [9.17, 15) is 4.79 Å². The normalized spacial score (nSPS) is 39.4. The number of hydrogen-bond donors (Lipinski definition) is 0. The first-order valence-corrected chi connectivity index (χ1v) is 13.1. The maximum absolute atomic E-state index is 12.1. The van der Waals surface area contributed by atoms with Crippen LogP contribution in [0.15, 0.2) is 47.4 Å². The fraction of sp³-hybridized carbons (Fsp3) is 0.571. The molecule has 0 saturated heterocycles. The fourth-order valence-corrected chi connectivity index (χ4v) is 9.08. The number of rotatable bonds is 2. The van der Waals surface area contributed by atoms with E-state index >= 15 is 0 Å². The number of carbonyl (C=O) groups excluding carboxylic acids is 1. The summed E-state index contributed by atoms with van der Waals surface area (Å²) in [6, 6.07) is 10.6. The molecule has 0 N–H and O–H groups in total. The SMILES string of the molecule is CC12CCC(=O)C=C1CCC1C2CCC2(C)C(c3csc(-c4ccccc4)n3)CCC12. The largest absolute Gasteiger partial charge is 0.295 e. The topological polar surface area (TPSA) is 30.0 Å².